The first-order valence-electron chi connectivity index (χ1n) is 0. The molecule has 9 heavy (non-hydrogen) atoms. The summed E-state index contributed by atoms with van der Waals surface area (Å²) in [5, 5.41) is 0. The van der Waals surface area contributed by atoms with Crippen LogP contribution in [0.25, 0.3) is 0 Å². The summed E-state index contributed by atoms with van der Waals surface area (Å²) < 4.78 is 0. The average molecular weight is 315 g/mol. The molecule has 0 spiro atoms. The Morgan fingerprint density at radius 1 is 0.667 bits per heavy atom. The summed E-state index contributed by atoms with van der Waals surface area (Å²) >= 11 is 0. The molecule has 0 aliphatic carbocycles. The minimum absolute atomic E-state index is 0. The first-order chi connectivity index (χ1) is 0. The van der Waals surface area contributed by atoms with E-state index in [1.54, 1.807) is 0 Å². The van der Waals surface area contributed by atoms with E-state index in [-0.39, 0.29) is 147 Å². The molecule has 0 saturated carbocycles. The zero-order valence-electron chi connectivity index (χ0n) is 7.36. The predicted molar refractivity (Wildman–Crippen MR) is 40.8 cm³/mol. The Morgan fingerprint density at radius 3 is 0.667 bits per heavy atom. The van der Waals surface area contributed by atoms with Crippen molar-refractivity contribution in [1.29, 1.82) is 0 Å². The van der Waals surface area contributed by atoms with Gasteiger partial charge in [0.2, 0.25) is 0 Å². The van der Waals surface area contributed by atoms with E-state index in [4.69, 9.17) is 0 Å². The molecule has 0 unspecified atom stereocenters. The second-order valence-electron chi connectivity index (χ2n) is 0. The third kappa shape index (κ3) is 74.7. The van der Waals surface area contributed by atoms with Gasteiger partial charge in [0.15, 0.2) is 34.7 Å². The van der Waals surface area contributed by atoms with Gasteiger partial charge in [0.25, 0.3) is 0 Å². The summed E-state index contributed by atoms with van der Waals surface area (Å²) in [6, 6.07) is 0. The van der Waals surface area contributed by atoms with Crippen molar-refractivity contribution in [3.05, 3.63) is 0 Å². The molecule has 0 aromatic carbocycles. The second kappa shape index (κ2) is 90.4. The van der Waals surface area contributed by atoms with Crippen molar-refractivity contribution < 1.29 is 66.3 Å². The van der Waals surface area contributed by atoms with Crippen LogP contribution in [-0.4, -0.2) is 80.8 Å². The summed E-state index contributed by atoms with van der Waals surface area (Å²) in [6.45, 7) is 0. The van der Waals surface area contributed by atoms with E-state index in [1.165, 1.54) is 0 Å². The van der Waals surface area contributed by atoms with E-state index in [0.717, 1.165) is 0 Å². The quantitative estimate of drug-likeness (QED) is 0.438. The Morgan fingerprint density at radius 2 is 0.667 bits per heavy atom. The Labute approximate surface area is 145 Å². The Hall–Kier alpha value is 4.02. The first-order valence-corrected chi connectivity index (χ1v) is 0. The summed E-state index contributed by atoms with van der Waals surface area (Å²) in [5.74, 6) is 0. The molecule has 0 bridgehead atoms. The molecule has 0 nitrogen and oxygen atoms in total. The fourth-order valence-corrected chi connectivity index (χ4v) is 0. The van der Waals surface area contributed by atoms with Gasteiger partial charge in [0.05, 0.1) is 0 Å². The zero-order valence-corrected chi connectivity index (χ0v) is 9.73. The van der Waals surface area contributed by atoms with E-state index in [9.17, 15) is 0 Å². The normalized spacial score (nSPS) is 0. The zero-order chi connectivity index (χ0) is 0. The van der Waals surface area contributed by atoms with E-state index >= 15 is 0 Å². The van der Waals surface area contributed by atoms with Crippen molar-refractivity contribution in [2.75, 3.05) is 0 Å². The van der Waals surface area contributed by atoms with Crippen molar-refractivity contribution in [1.82, 2.24) is 0 Å². The van der Waals surface area contributed by atoms with Crippen LogP contribution in [0, 0.1) is 0 Å². The van der Waals surface area contributed by atoms with Crippen LogP contribution in [-0.2, 0) is 51.2 Å². The molecule has 0 aromatic heterocycles. The summed E-state index contributed by atoms with van der Waals surface area (Å²) in [7, 11) is 0. The topological polar surface area (TPSA) is 0 Å². The monoisotopic (exact) mass is 314 g/mol. The van der Waals surface area contributed by atoms with Gasteiger partial charge < -0.3 is 5.71 Å². The van der Waals surface area contributed by atoms with Crippen LogP contribution in [0.4, 0.5) is 9.41 Å². The van der Waals surface area contributed by atoms with Crippen molar-refractivity contribution in [2.45, 2.75) is 0 Å². The molecule has 0 rings (SSSR count). The smallest absolute Gasteiger partial charge is 1.00 e. The fourth-order valence-electron chi connectivity index (χ4n) is 0. The average Bonchev–Trinajstić information content (AvgIpc) is 0. The number of hydrogen-bond acceptors (Lipinski definition) is 0. The molecule has 0 N–H and O–H groups in total. The minimum atomic E-state index is 0. The van der Waals surface area contributed by atoms with E-state index < -0.39 is 0 Å². The molecule has 0 aliphatic rings. The van der Waals surface area contributed by atoms with Crippen LogP contribution < -0.4 is 0 Å². The predicted octanol–water partition coefficient (Wildman–Crippen LogP) is -2.38. The maximum absolute atomic E-state index is 0. The molecule has 0 aliphatic heterocycles. The Kier molecular flexibility index (Phi) is 1170. The molecular formula is H12Al2Cr2F2Mg2Ni. The molecule has 0 heterocycles. The van der Waals surface area contributed by atoms with Crippen molar-refractivity contribution in [3.63, 3.8) is 0 Å². The van der Waals surface area contributed by atoms with Gasteiger partial charge in [-0.2, -0.15) is 0 Å². The molecule has 0 amide bonds. The van der Waals surface area contributed by atoms with Crippen molar-refractivity contribution >= 4 is 80.8 Å². The first kappa shape index (κ1) is 117. The van der Waals surface area contributed by atoms with E-state index in [0.29, 0.717) is 0 Å². The second-order valence-corrected chi connectivity index (χ2v) is 0. The fraction of sp³-hybridized carbons (Fsp3) is 0. The number of hydrogen-bond donors (Lipinski definition) is 0. The summed E-state index contributed by atoms with van der Waals surface area (Å²) in [4.78, 5) is 0. The minimum Gasteiger partial charge on any atom is -1.00 e. The van der Waals surface area contributed by atoms with Gasteiger partial charge in [-0.25, -0.2) is 0 Å². The van der Waals surface area contributed by atoms with Crippen LogP contribution in [0.2, 0.25) is 0 Å². The largest absolute Gasteiger partial charge is 2.00 e. The van der Waals surface area contributed by atoms with Crippen LogP contribution in [0.5, 0.6) is 0 Å². The van der Waals surface area contributed by atoms with Gasteiger partial charge in [-0.3, -0.25) is 9.41 Å². The van der Waals surface area contributed by atoms with Gasteiger partial charge in [0.1, 0.15) is 0 Å². The molecule has 0 fully saturated rings. The molecule has 0 saturated heterocycles. The molecule has 0 atom stereocenters. The van der Waals surface area contributed by atoms with Gasteiger partial charge >= 0.3 is 46.1 Å². The molecule has 0 radical (unpaired) electrons. The Bertz CT molecular complexity index is 32.1. The summed E-state index contributed by atoms with van der Waals surface area (Å²) in [5.41, 5.74) is 0. The number of halogens is 2. The van der Waals surface area contributed by atoms with Gasteiger partial charge in [-0.1, -0.05) is 0 Å². The van der Waals surface area contributed by atoms with Gasteiger partial charge in [-0.15, -0.1) is 0 Å². The van der Waals surface area contributed by atoms with Gasteiger partial charge in [-0.05, 0) is 0 Å². The summed E-state index contributed by atoms with van der Waals surface area (Å²) in [6.07, 6.45) is 0. The number of rotatable bonds is 0. The van der Waals surface area contributed by atoms with Crippen LogP contribution >= 0.6 is 0 Å². The van der Waals surface area contributed by atoms with Crippen molar-refractivity contribution in [2.24, 2.45) is 0 Å². The van der Waals surface area contributed by atoms with E-state index in [1.807, 2.05) is 0 Å². The SMILES string of the molecule is F.F.[AlH3].[AlH3].[Cr].[Cr].[H-].[H-].[H-].[H-].[Mg+2].[Mg+2].[Ni]. The maximum Gasteiger partial charge on any atom is 2.00 e. The van der Waals surface area contributed by atoms with Crippen molar-refractivity contribution in [3.8, 4) is 0 Å². The third-order valence-electron chi connectivity index (χ3n) is 0. The molecule has 0 aromatic rings. The van der Waals surface area contributed by atoms with Crippen LogP contribution in [0.3, 0.4) is 0 Å². The Balaban J connectivity index is 0. The molecule has 9 heteroatoms. The van der Waals surface area contributed by atoms with Crippen LogP contribution in [0.1, 0.15) is 5.71 Å². The third-order valence-corrected chi connectivity index (χ3v) is 0. The standard InChI is InChI=1S/2Al.2Cr.2FH.2Mg.Ni.10H/h;;;;2*1H;;;;;;;;;;;;;/q;;;;;;2*+2;;;;;;;;4*-1. The molecular weight excluding hydrogens is 303 g/mol. The van der Waals surface area contributed by atoms with Crippen LogP contribution in [0.15, 0.2) is 0 Å². The molecule has 58 valence electrons. The maximum atomic E-state index is 0. The van der Waals surface area contributed by atoms with E-state index in [2.05, 4.69) is 0 Å². The van der Waals surface area contributed by atoms with Gasteiger partial charge in [0, 0.05) is 51.2 Å².